The molecule has 0 saturated heterocycles. The highest BCUT2D eigenvalue weighted by atomic mass is 19.1. The Labute approximate surface area is 121 Å². The molecule has 1 unspecified atom stereocenters. The topological polar surface area (TPSA) is 54.9 Å². The van der Waals surface area contributed by atoms with Gasteiger partial charge in [0, 0.05) is 24.4 Å². The summed E-state index contributed by atoms with van der Waals surface area (Å²) >= 11 is 0. The molecule has 0 aliphatic heterocycles. The van der Waals surface area contributed by atoms with Gasteiger partial charge in [-0.2, -0.15) is 0 Å². The van der Waals surface area contributed by atoms with Gasteiger partial charge in [0.05, 0.1) is 17.9 Å². The highest BCUT2D eigenvalue weighted by Crippen LogP contribution is 2.14. The van der Waals surface area contributed by atoms with Crippen molar-refractivity contribution in [2.24, 2.45) is 0 Å². The molecule has 0 aliphatic carbocycles. The smallest absolute Gasteiger partial charge is 0.220 e. The van der Waals surface area contributed by atoms with E-state index in [1.807, 2.05) is 12.1 Å². The fourth-order valence-corrected chi connectivity index (χ4v) is 1.91. The Kier molecular flexibility index (Phi) is 4.92. The van der Waals surface area contributed by atoms with Crippen molar-refractivity contribution in [3.8, 4) is 0 Å². The van der Waals surface area contributed by atoms with Crippen LogP contribution in [0.5, 0.6) is 0 Å². The lowest BCUT2D eigenvalue weighted by Crippen LogP contribution is -2.28. The van der Waals surface area contributed by atoms with Gasteiger partial charge in [-0.3, -0.25) is 14.8 Å². The Morgan fingerprint density at radius 3 is 2.81 bits per heavy atom. The van der Waals surface area contributed by atoms with Crippen molar-refractivity contribution in [1.29, 1.82) is 0 Å². The van der Waals surface area contributed by atoms with Gasteiger partial charge in [0.2, 0.25) is 5.91 Å². The van der Waals surface area contributed by atoms with Crippen molar-refractivity contribution in [2.45, 2.75) is 25.8 Å². The molecule has 1 amide bonds. The van der Waals surface area contributed by atoms with E-state index in [9.17, 15) is 13.6 Å². The van der Waals surface area contributed by atoms with E-state index in [4.69, 9.17) is 0 Å². The minimum atomic E-state index is -0.771. The molecular formula is C15H15F2N3O. The number of carbonyl (C=O) groups is 1. The fourth-order valence-electron chi connectivity index (χ4n) is 1.91. The van der Waals surface area contributed by atoms with Gasteiger partial charge in [-0.25, -0.2) is 8.78 Å². The maximum Gasteiger partial charge on any atom is 0.220 e. The molecule has 0 bridgehead atoms. The van der Waals surface area contributed by atoms with Gasteiger partial charge in [0.25, 0.3) is 0 Å². The average molecular weight is 291 g/mol. The van der Waals surface area contributed by atoms with Crippen LogP contribution in [0.15, 0.2) is 36.7 Å². The van der Waals surface area contributed by atoms with Crippen LogP contribution in [-0.2, 0) is 11.2 Å². The second kappa shape index (κ2) is 6.88. The summed E-state index contributed by atoms with van der Waals surface area (Å²) in [7, 11) is 0. The monoisotopic (exact) mass is 291 g/mol. The Hall–Kier alpha value is -2.37. The highest BCUT2D eigenvalue weighted by molar-refractivity contribution is 5.76. The van der Waals surface area contributed by atoms with Crippen LogP contribution in [-0.4, -0.2) is 15.9 Å². The normalized spacial score (nSPS) is 12.0. The zero-order chi connectivity index (χ0) is 15.2. The maximum absolute atomic E-state index is 13.5. The maximum atomic E-state index is 13.5. The number of carbonyl (C=O) groups excluding carboxylic acids is 1. The molecule has 21 heavy (non-hydrogen) atoms. The lowest BCUT2D eigenvalue weighted by Gasteiger charge is -2.14. The predicted octanol–water partition coefficient (Wildman–Crippen LogP) is 2.56. The quantitative estimate of drug-likeness (QED) is 0.921. The summed E-state index contributed by atoms with van der Waals surface area (Å²) in [4.78, 5) is 19.6. The van der Waals surface area contributed by atoms with E-state index in [2.05, 4.69) is 15.3 Å². The Morgan fingerprint density at radius 2 is 2.14 bits per heavy atom. The van der Waals surface area contributed by atoms with E-state index < -0.39 is 17.7 Å². The number of rotatable bonds is 5. The number of amides is 1. The van der Waals surface area contributed by atoms with Gasteiger partial charge in [-0.05, 0) is 25.5 Å². The molecule has 2 aromatic heterocycles. The van der Waals surface area contributed by atoms with Crippen LogP contribution in [0.4, 0.5) is 8.78 Å². The summed E-state index contributed by atoms with van der Waals surface area (Å²) in [6, 6.07) is 5.60. The molecule has 0 fully saturated rings. The van der Waals surface area contributed by atoms with E-state index >= 15 is 0 Å². The van der Waals surface area contributed by atoms with E-state index in [-0.39, 0.29) is 18.0 Å². The molecule has 0 saturated carbocycles. The lowest BCUT2D eigenvalue weighted by molar-refractivity contribution is -0.121. The molecule has 1 atom stereocenters. The molecule has 0 radical (unpaired) electrons. The van der Waals surface area contributed by atoms with Gasteiger partial charge in [0.1, 0.15) is 11.6 Å². The van der Waals surface area contributed by atoms with E-state index in [1.165, 1.54) is 0 Å². The Bertz CT molecular complexity index is 620. The van der Waals surface area contributed by atoms with Gasteiger partial charge in [-0.1, -0.05) is 6.07 Å². The van der Waals surface area contributed by atoms with Crippen molar-refractivity contribution in [3.63, 3.8) is 0 Å². The van der Waals surface area contributed by atoms with Crippen molar-refractivity contribution in [3.05, 3.63) is 59.7 Å². The summed E-state index contributed by atoms with van der Waals surface area (Å²) < 4.78 is 26.3. The number of nitrogens with zero attached hydrogens (tertiary/aromatic N) is 2. The summed E-state index contributed by atoms with van der Waals surface area (Å²) in [5, 5.41) is 2.64. The SMILES string of the molecule is CC(NC(=O)CCc1ccccn1)c1ncc(F)cc1F. The third kappa shape index (κ3) is 4.30. The number of nitrogens with one attached hydrogen (secondary N) is 1. The summed E-state index contributed by atoms with van der Waals surface area (Å²) in [5.74, 6) is -1.75. The van der Waals surface area contributed by atoms with Crippen LogP contribution >= 0.6 is 0 Å². The van der Waals surface area contributed by atoms with Crippen LogP contribution < -0.4 is 5.32 Å². The molecule has 0 aromatic carbocycles. The minimum Gasteiger partial charge on any atom is -0.348 e. The third-order valence-electron chi connectivity index (χ3n) is 2.96. The zero-order valence-corrected chi connectivity index (χ0v) is 11.5. The summed E-state index contributed by atoms with van der Waals surface area (Å²) in [6.07, 6.45) is 3.32. The first-order chi connectivity index (χ1) is 10.1. The molecular weight excluding hydrogens is 276 g/mol. The molecule has 2 aromatic rings. The average Bonchev–Trinajstić information content (AvgIpc) is 2.46. The number of aromatic nitrogens is 2. The van der Waals surface area contributed by atoms with Crippen LogP contribution in [0.3, 0.4) is 0 Å². The predicted molar refractivity (Wildman–Crippen MR) is 73.3 cm³/mol. The van der Waals surface area contributed by atoms with Crippen molar-refractivity contribution >= 4 is 5.91 Å². The lowest BCUT2D eigenvalue weighted by atomic mass is 10.1. The van der Waals surface area contributed by atoms with Gasteiger partial charge >= 0.3 is 0 Å². The van der Waals surface area contributed by atoms with Crippen LogP contribution in [0.1, 0.15) is 30.8 Å². The van der Waals surface area contributed by atoms with Crippen LogP contribution in [0.2, 0.25) is 0 Å². The van der Waals surface area contributed by atoms with E-state index in [0.717, 1.165) is 18.0 Å². The largest absolute Gasteiger partial charge is 0.348 e. The van der Waals surface area contributed by atoms with Crippen LogP contribution in [0.25, 0.3) is 0 Å². The second-order valence-corrected chi connectivity index (χ2v) is 4.63. The van der Waals surface area contributed by atoms with Crippen molar-refractivity contribution in [2.75, 3.05) is 0 Å². The first-order valence-corrected chi connectivity index (χ1v) is 6.56. The van der Waals surface area contributed by atoms with Crippen LogP contribution in [0, 0.1) is 11.6 Å². The minimum absolute atomic E-state index is 0.0163. The standard InChI is InChI=1S/C15H15F2N3O/c1-10(15-13(17)8-11(16)9-19-15)20-14(21)6-5-12-4-2-3-7-18-12/h2-4,7-10H,5-6H2,1H3,(H,20,21). The number of halogens is 2. The Balaban J connectivity index is 1.90. The summed E-state index contributed by atoms with van der Waals surface area (Å²) in [6.45, 7) is 1.60. The first-order valence-electron chi connectivity index (χ1n) is 6.56. The number of hydrogen-bond donors (Lipinski definition) is 1. The molecule has 2 heterocycles. The second-order valence-electron chi connectivity index (χ2n) is 4.63. The van der Waals surface area contributed by atoms with Gasteiger partial charge in [0.15, 0.2) is 0 Å². The summed E-state index contributed by atoms with van der Waals surface area (Å²) in [5.41, 5.74) is 0.828. The molecule has 4 nitrogen and oxygen atoms in total. The van der Waals surface area contributed by atoms with Crippen molar-refractivity contribution < 1.29 is 13.6 Å². The molecule has 0 aliphatic rings. The number of aryl methyl sites for hydroxylation is 1. The Morgan fingerprint density at radius 1 is 1.33 bits per heavy atom. The number of pyridine rings is 2. The van der Waals surface area contributed by atoms with Gasteiger partial charge < -0.3 is 5.32 Å². The molecule has 0 spiro atoms. The van der Waals surface area contributed by atoms with Crippen molar-refractivity contribution in [1.82, 2.24) is 15.3 Å². The molecule has 110 valence electrons. The number of hydrogen-bond acceptors (Lipinski definition) is 3. The third-order valence-corrected chi connectivity index (χ3v) is 2.96. The van der Waals surface area contributed by atoms with E-state index in [0.29, 0.717) is 6.42 Å². The zero-order valence-electron chi connectivity index (χ0n) is 11.5. The molecule has 6 heteroatoms. The fraction of sp³-hybridized carbons (Fsp3) is 0.267. The van der Waals surface area contributed by atoms with E-state index in [1.54, 1.807) is 19.2 Å². The first kappa shape index (κ1) is 15.0. The molecule has 2 rings (SSSR count). The highest BCUT2D eigenvalue weighted by Gasteiger charge is 2.15. The van der Waals surface area contributed by atoms with Gasteiger partial charge in [-0.15, -0.1) is 0 Å². The molecule has 1 N–H and O–H groups in total.